The van der Waals surface area contributed by atoms with E-state index in [1.807, 2.05) is 23.5 Å². The van der Waals surface area contributed by atoms with Gasteiger partial charge in [-0.25, -0.2) is 0 Å². The molecule has 0 N–H and O–H groups in total. The predicted molar refractivity (Wildman–Crippen MR) is 68.0 cm³/mol. The van der Waals surface area contributed by atoms with Gasteiger partial charge < -0.3 is 0 Å². The molecule has 0 saturated heterocycles. The minimum atomic E-state index is 0.595. The van der Waals surface area contributed by atoms with Crippen LogP contribution in [0, 0.1) is 0 Å². The molecule has 0 unspecified atom stereocenters. The Bertz CT molecular complexity index is 75.8. The van der Waals surface area contributed by atoms with Gasteiger partial charge in [0.05, 0.1) is 0 Å². The molecule has 0 aromatic carbocycles. The predicted octanol–water partition coefficient (Wildman–Crippen LogP) is 3.57. The Hall–Kier alpha value is 1.05. The molecule has 0 bridgehead atoms. The molecule has 0 spiro atoms. The first-order valence-corrected chi connectivity index (χ1v) is 7.47. The zero-order chi connectivity index (χ0) is 9.23. The van der Waals surface area contributed by atoms with Gasteiger partial charge in [-0.05, 0) is 24.3 Å². The largest absolute Gasteiger partial charge is 0.174 e. The van der Waals surface area contributed by atoms with Crippen molar-refractivity contribution in [1.82, 2.24) is 0 Å². The van der Waals surface area contributed by atoms with Crippen molar-refractivity contribution in [2.24, 2.45) is 0 Å². The molecule has 74 valence electrons. The van der Waals surface area contributed by atoms with Gasteiger partial charge in [0.25, 0.3) is 0 Å². The summed E-state index contributed by atoms with van der Waals surface area (Å²) in [6.07, 6.45) is 2.57. The lowest BCUT2D eigenvalue weighted by atomic mass is 10.5. The Kier molecular flexibility index (Phi) is 11.0. The molecule has 0 rings (SSSR count). The quantitative estimate of drug-likeness (QED) is 0.494. The summed E-state index contributed by atoms with van der Waals surface area (Å²) >= 11 is 8.59. The molecular weight excluding hydrogens is 204 g/mol. The van der Waals surface area contributed by atoms with Gasteiger partial charge >= 0.3 is 0 Å². The third kappa shape index (κ3) is 9.14. The summed E-state index contributed by atoms with van der Waals surface area (Å²) in [5.41, 5.74) is 0. The molecule has 0 atom stereocenters. The van der Waals surface area contributed by atoms with E-state index in [1.54, 1.807) is 0 Å². The zero-order valence-electron chi connectivity index (χ0n) is 8.08. The van der Waals surface area contributed by atoms with Crippen LogP contribution in [0.1, 0.15) is 26.7 Å². The maximum absolute atomic E-state index is 4.53. The molecule has 0 aliphatic heterocycles. The zero-order valence-corrected chi connectivity index (χ0v) is 10.6. The average molecular weight is 224 g/mol. The standard InChI is InChI=1S/C9H20S3/c1-3-5-11-7-9(10)8-12-6-4-2/h9-10H,3-8H2,1-2H3. The molecular formula is C9H20S3. The van der Waals surface area contributed by atoms with Crippen molar-refractivity contribution in [2.75, 3.05) is 23.0 Å². The fraction of sp³-hybridized carbons (Fsp3) is 1.00. The molecule has 0 radical (unpaired) electrons. The first-order chi connectivity index (χ1) is 5.81. The maximum Gasteiger partial charge on any atom is 0.0198 e. The Balaban J connectivity index is 3.04. The lowest BCUT2D eigenvalue weighted by Gasteiger charge is -2.08. The Morgan fingerprint density at radius 3 is 1.75 bits per heavy atom. The van der Waals surface area contributed by atoms with E-state index in [0.717, 1.165) is 0 Å². The average Bonchev–Trinajstić information content (AvgIpc) is 2.06. The summed E-state index contributed by atoms with van der Waals surface area (Å²) in [6, 6.07) is 0. The summed E-state index contributed by atoms with van der Waals surface area (Å²) in [6.45, 7) is 4.46. The van der Waals surface area contributed by atoms with Gasteiger partial charge in [0.15, 0.2) is 0 Å². The second kappa shape index (κ2) is 10.1. The van der Waals surface area contributed by atoms with Gasteiger partial charge in [0.1, 0.15) is 0 Å². The molecule has 0 aliphatic rings. The van der Waals surface area contributed by atoms with Crippen molar-refractivity contribution in [3.05, 3.63) is 0 Å². The van der Waals surface area contributed by atoms with Crippen LogP contribution in [0.25, 0.3) is 0 Å². The summed E-state index contributed by atoms with van der Waals surface area (Å²) in [5.74, 6) is 5.01. The van der Waals surface area contributed by atoms with E-state index in [0.29, 0.717) is 5.25 Å². The van der Waals surface area contributed by atoms with Crippen molar-refractivity contribution < 1.29 is 0 Å². The van der Waals surface area contributed by atoms with Crippen LogP contribution in [0.4, 0.5) is 0 Å². The van der Waals surface area contributed by atoms with Crippen LogP contribution in [0.2, 0.25) is 0 Å². The fourth-order valence-corrected chi connectivity index (χ4v) is 3.25. The van der Waals surface area contributed by atoms with Crippen molar-refractivity contribution in [1.29, 1.82) is 0 Å². The van der Waals surface area contributed by atoms with Crippen LogP contribution in [0.15, 0.2) is 0 Å². The molecule has 0 saturated carbocycles. The summed E-state index contributed by atoms with van der Waals surface area (Å²) in [5, 5.41) is 0.595. The normalized spacial score (nSPS) is 11.0. The van der Waals surface area contributed by atoms with E-state index in [9.17, 15) is 0 Å². The Morgan fingerprint density at radius 1 is 1.00 bits per heavy atom. The van der Waals surface area contributed by atoms with Gasteiger partial charge in [-0.2, -0.15) is 36.2 Å². The SMILES string of the molecule is CCCSCC(S)CSCCC. The second-order valence-electron chi connectivity index (χ2n) is 2.80. The molecule has 12 heavy (non-hydrogen) atoms. The first kappa shape index (κ1) is 13.1. The van der Waals surface area contributed by atoms with E-state index in [4.69, 9.17) is 0 Å². The topological polar surface area (TPSA) is 0 Å². The monoisotopic (exact) mass is 224 g/mol. The first-order valence-electron chi connectivity index (χ1n) is 4.64. The van der Waals surface area contributed by atoms with Crippen molar-refractivity contribution in [3.63, 3.8) is 0 Å². The van der Waals surface area contributed by atoms with E-state index >= 15 is 0 Å². The summed E-state index contributed by atoms with van der Waals surface area (Å²) in [4.78, 5) is 0. The highest BCUT2D eigenvalue weighted by molar-refractivity contribution is 8.01. The molecule has 0 amide bonds. The minimum absolute atomic E-state index is 0.595. The van der Waals surface area contributed by atoms with Crippen molar-refractivity contribution in [3.8, 4) is 0 Å². The van der Waals surface area contributed by atoms with Crippen molar-refractivity contribution >= 4 is 36.2 Å². The highest BCUT2D eigenvalue weighted by Gasteiger charge is 2.01. The third-order valence-corrected chi connectivity index (χ3v) is 4.85. The van der Waals surface area contributed by atoms with Gasteiger partial charge in [-0.15, -0.1) is 0 Å². The Morgan fingerprint density at radius 2 is 1.42 bits per heavy atom. The molecule has 0 aliphatic carbocycles. The second-order valence-corrected chi connectivity index (χ2v) is 5.83. The Labute approximate surface area is 91.1 Å². The number of thioether (sulfide) groups is 2. The van der Waals surface area contributed by atoms with Gasteiger partial charge in [-0.1, -0.05) is 13.8 Å². The van der Waals surface area contributed by atoms with Crippen molar-refractivity contribution in [2.45, 2.75) is 31.9 Å². The molecule has 0 fully saturated rings. The smallest absolute Gasteiger partial charge is 0.0198 e. The van der Waals surface area contributed by atoms with Crippen LogP contribution in [0.3, 0.4) is 0 Å². The molecule has 3 heteroatoms. The summed E-state index contributed by atoms with van der Waals surface area (Å²) < 4.78 is 0. The third-order valence-electron chi connectivity index (χ3n) is 1.32. The highest BCUT2D eigenvalue weighted by atomic mass is 32.2. The number of thiol groups is 1. The van der Waals surface area contributed by atoms with E-state index in [2.05, 4.69) is 26.5 Å². The molecule has 0 aromatic rings. The molecule has 0 aromatic heterocycles. The lowest BCUT2D eigenvalue weighted by molar-refractivity contribution is 1.08. The van der Waals surface area contributed by atoms with Crippen LogP contribution < -0.4 is 0 Å². The van der Waals surface area contributed by atoms with Crippen LogP contribution in [-0.4, -0.2) is 28.3 Å². The number of rotatable bonds is 8. The maximum atomic E-state index is 4.53. The minimum Gasteiger partial charge on any atom is -0.174 e. The van der Waals surface area contributed by atoms with Crippen LogP contribution >= 0.6 is 36.2 Å². The van der Waals surface area contributed by atoms with Crippen LogP contribution in [-0.2, 0) is 0 Å². The van der Waals surface area contributed by atoms with E-state index in [1.165, 1.54) is 35.9 Å². The van der Waals surface area contributed by atoms with Crippen LogP contribution in [0.5, 0.6) is 0 Å². The lowest BCUT2D eigenvalue weighted by Crippen LogP contribution is -2.06. The summed E-state index contributed by atoms with van der Waals surface area (Å²) in [7, 11) is 0. The van der Waals surface area contributed by atoms with Gasteiger partial charge in [0, 0.05) is 16.8 Å². The molecule has 0 nitrogen and oxygen atoms in total. The number of hydrogen-bond acceptors (Lipinski definition) is 3. The van der Waals surface area contributed by atoms with E-state index in [-0.39, 0.29) is 0 Å². The number of hydrogen-bond donors (Lipinski definition) is 1. The van der Waals surface area contributed by atoms with Gasteiger partial charge in [-0.3, -0.25) is 0 Å². The van der Waals surface area contributed by atoms with E-state index < -0.39 is 0 Å². The fourth-order valence-electron chi connectivity index (χ4n) is 0.776. The molecule has 0 heterocycles. The van der Waals surface area contributed by atoms with Gasteiger partial charge in [0.2, 0.25) is 0 Å². The highest BCUT2D eigenvalue weighted by Crippen LogP contribution is 2.14.